The maximum atomic E-state index is 5.98. The summed E-state index contributed by atoms with van der Waals surface area (Å²) in [7, 11) is 0. The minimum atomic E-state index is 0.612. The maximum absolute atomic E-state index is 5.98. The Kier molecular flexibility index (Phi) is 2.63. The quantitative estimate of drug-likeness (QED) is 0.513. The van der Waals surface area contributed by atoms with Crippen LogP contribution in [0.25, 0.3) is 0 Å². The van der Waals surface area contributed by atoms with Crippen molar-refractivity contribution in [2.75, 3.05) is 19.6 Å². The van der Waals surface area contributed by atoms with E-state index in [-0.39, 0.29) is 0 Å². The zero-order valence-corrected chi connectivity index (χ0v) is 7.63. The zero-order chi connectivity index (χ0) is 8.39. The van der Waals surface area contributed by atoms with E-state index in [4.69, 9.17) is 5.84 Å². The van der Waals surface area contributed by atoms with Crippen molar-refractivity contribution in [2.45, 2.75) is 31.7 Å². The van der Waals surface area contributed by atoms with Crippen LogP contribution >= 0.6 is 0 Å². The first kappa shape index (κ1) is 8.48. The number of nitrogens with one attached hydrogen (secondary N) is 1. The van der Waals surface area contributed by atoms with Crippen LogP contribution in [-0.4, -0.2) is 30.7 Å². The van der Waals surface area contributed by atoms with Crippen molar-refractivity contribution in [3.8, 4) is 0 Å². The summed E-state index contributed by atoms with van der Waals surface area (Å²) < 4.78 is 0. The highest BCUT2D eigenvalue weighted by atomic mass is 15.4. The normalized spacial score (nSPS) is 38.8. The third-order valence-corrected chi connectivity index (χ3v) is 3.26. The molecule has 0 aromatic rings. The van der Waals surface area contributed by atoms with Gasteiger partial charge in [-0.2, -0.15) is 0 Å². The predicted molar refractivity (Wildman–Crippen MR) is 49.5 cm³/mol. The monoisotopic (exact) mass is 169 g/mol. The third-order valence-electron chi connectivity index (χ3n) is 3.26. The second kappa shape index (κ2) is 3.73. The third kappa shape index (κ3) is 1.63. The number of hydrogen-bond donors (Lipinski definition) is 2. The molecule has 3 heteroatoms. The lowest BCUT2D eigenvalue weighted by molar-refractivity contribution is 0.129. The van der Waals surface area contributed by atoms with Gasteiger partial charge in [0, 0.05) is 19.1 Å². The first-order valence-corrected chi connectivity index (χ1v) is 5.10. The fourth-order valence-electron chi connectivity index (χ4n) is 2.49. The second-order valence-electron chi connectivity index (χ2n) is 4.05. The molecule has 2 aliphatic heterocycles. The molecule has 3 nitrogen and oxygen atoms in total. The summed E-state index contributed by atoms with van der Waals surface area (Å²) in [6.07, 6.45) is 5.36. The van der Waals surface area contributed by atoms with Gasteiger partial charge in [-0.05, 0) is 31.7 Å². The fourth-order valence-corrected chi connectivity index (χ4v) is 2.49. The molecule has 2 rings (SSSR count). The van der Waals surface area contributed by atoms with Gasteiger partial charge in [0.2, 0.25) is 0 Å². The van der Waals surface area contributed by atoms with Crippen LogP contribution in [0.15, 0.2) is 0 Å². The number of hydrogen-bond acceptors (Lipinski definition) is 3. The molecule has 0 saturated carbocycles. The summed E-state index contributed by atoms with van der Waals surface area (Å²) in [5.74, 6) is 6.84. The van der Waals surface area contributed by atoms with E-state index in [9.17, 15) is 0 Å². The maximum Gasteiger partial charge on any atom is 0.0394 e. The Morgan fingerprint density at radius 1 is 1.25 bits per heavy atom. The molecule has 0 amide bonds. The van der Waals surface area contributed by atoms with Gasteiger partial charge in [0.25, 0.3) is 0 Å². The van der Waals surface area contributed by atoms with Crippen molar-refractivity contribution in [1.29, 1.82) is 0 Å². The number of nitrogens with two attached hydrogens (primary N) is 1. The average Bonchev–Trinajstić information content (AvgIpc) is 2.29. The van der Waals surface area contributed by atoms with Crippen LogP contribution in [0.4, 0.5) is 0 Å². The van der Waals surface area contributed by atoms with Crippen molar-refractivity contribution in [3.63, 3.8) is 0 Å². The average molecular weight is 169 g/mol. The van der Waals surface area contributed by atoms with Crippen molar-refractivity contribution in [3.05, 3.63) is 0 Å². The Morgan fingerprint density at radius 3 is 3.08 bits per heavy atom. The molecule has 70 valence electrons. The summed E-state index contributed by atoms with van der Waals surface area (Å²) in [6.45, 7) is 3.37. The molecule has 2 aliphatic rings. The van der Waals surface area contributed by atoms with Gasteiger partial charge in [-0.25, -0.2) is 5.01 Å². The summed E-state index contributed by atoms with van der Waals surface area (Å²) >= 11 is 0. The van der Waals surface area contributed by atoms with E-state index in [1.165, 1.54) is 32.2 Å². The van der Waals surface area contributed by atoms with Crippen LogP contribution in [0.1, 0.15) is 25.7 Å². The molecular formula is C9H19N3. The van der Waals surface area contributed by atoms with E-state index in [2.05, 4.69) is 10.3 Å². The van der Waals surface area contributed by atoms with Gasteiger partial charge in [-0.15, -0.1) is 0 Å². The zero-order valence-electron chi connectivity index (χ0n) is 7.63. The first-order chi connectivity index (χ1) is 5.88. The molecule has 0 bridgehead atoms. The Labute approximate surface area is 74.3 Å². The highest BCUT2D eigenvalue weighted by molar-refractivity contribution is 4.85. The van der Waals surface area contributed by atoms with E-state index in [0.717, 1.165) is 19.0 Å². The van der Waals surface area contributed by atoms with Crippen LogP contribution in [0.5, 0.6) is 0 Å². The van der Waals surface area contributed by atoms with Gasteiger partial charge in [0.15, 0.2) is 0 Å². The van der Waals surface area contributed by atoms with Gasteiger partial charge in [0.05, 0.1) is 0 Å². The fraction of sp³-hybridized carbons (Fsp3) is 1.00. The summed E-state index contributed by atoms with van der Waals surface area (Å²) in [5.41, 5.74) is 0. The van der Waals surface area contributed by atoms with Crippen molar-refractivity contribution in [2.24, 2.45) is 11.8 Å². The van der Waals surface area contributed by atoms with E-state index in [1.807, 2.05) is 0 Å². The number of rotatable bonds is 0. The second-order valence-corrected chi connectivity index (χ2v) is 4.05. The Balaban J connectivity index is 2.01. The summed E-state index contributed by atoms with van der Waals surface area (Å²) in [6, 6.07) is 0.612. The molecule has 0 aliphatic carbocycles. The number of nitrogens with zero attached hydrogens (tertiary/aromatic N) is 1. The van der Waals surface area contributed by atoms with E-state index in [0.29, 0.717) is 6.04 Å². The van der Waals surface area contributed by atoms with Crippen molar-refractivity contribution < 1.29 is 0 Å². The largest absolute Gasteiger partial charge is 0.315 e. The molecule has 2 fully saturated rings. The standard InChI is InChI=1S/C9H19N3/c10-12-6-2-1-3-8-4-5-11-7-9(8)12/h8-9,11H,1-7,10H2. The predicted octanol–water partition coefficient (Wildman–Crippen LogP) is 0.324. The van der Waals surface area contributed by atoms with Crippen LogP contribution in [0.3, 0.4) is 0 Å². The minimum Gasteiger partial charge on any atom is -0.315 e. The minimum absolute atomic E-state index is 0.612. The summed E-state index contributed by atoms with van der Waals surface area (Å²) in [4.78, 5) is 0. The van der Waals surface area contributed by atoms with Crippen LogP contribution in [0.2, 0.25) is 0 Å². The van der Waals surface area contributed by atoms with E-state index >= 15 is 0 Å². The lowest BCUT2D eigenvalue weighted by atomic mass is 9.89. The topological polar surface area (TPSA) is 41.3 Å². The molecule has 0 aromatic heterocycles. The first-order valence-electron chi connectivity index (χ1n) is 5.10. The van der Waals surface area contributed by atoms with Gasteiger partial charge < -0.3 is 5.32 Å². The number of fused-ring (bicyclic) bond motifs is 1. The molecular weight excluding hydrogens is 150 g/mol. The van der Waals surface area contributed by atoms with Crippen LogP contribution in [-0.2, 0) is 0 Å². The molecule has 0 aromatic carbocycles. The molecule has 2 saturated heterocycles. The van der Waals surface area contributed by atoms with Gasteiger partial charge in [0.1, 0.15) is 0 Å². The Morgan fingerprint density at radius 2 is 2.17 bits per heavy atom. The molecule has 2 unspecified atom stereocenters. The molecule has 2 heterocycles. The van der Waals surface area contributed by atoms with Gasteiger partial charge >= 0.3 is 0 Å². The highest BCUT2D eigenvalue weighted by Crippen LogP contribution is 2.25. The van der Waals surface area contributed by atoms with Gasteiger partial charge in [-0.3, -0.25) is 5.84 Å². The van der Waals surface area contributed by atoms with Crippen molar-refractivity contribution in [1.82, 2.24) is 10.3 Å². The number of hydrazine groups is 1. The SMILES string of the molecule is NN1CCCCC2CCNCC21. The Bertz CT molecular complexity index is 149. The van der Waals surface area contributed by atoms with Crippen molar-refractivity contribution >= 4 is 0 Å². The lowest BCUT2D eigenvalue weighted by Gasteiger charge is -2.35. The molecule has 0 radical (unpaired) electrons. The molecule has 3 N–H and O–H groups in total. The molecule has 12 heavy (non-hydrogen) atoms. The smallest absolute Gasteiger partial charge is 0.0394 e. The van der Waals surface area contributed by atoms with E-state index < -0.39 is 0 Å². The highest BCUT2D eigenvalue weighted by Gasteiger charge is 2.29. The lowest BCUT2D eigenvalue weighted by Crippen LogP contribution is -2.53. The Hall–Kier alpha value is -0.120. The summed E-state index contributed by atoms with van der Waals surface area (Å²) in [5, 5.41) is 5.48. The van der Waals surface area contributed by atoms with E-state index in [1.54, 1.807) is 0 Å². The van der Waals surface area contributed by atoms with Crippen LogP contribution < -0.4 is 11.2 Å². The number of piperidine rings is 1. The van der Waals surface area contributed by atoms with Gasteiger partial charge in [-0.1, -0.05) is 6.42 Å². The van der Waals surface area contributed by atoms with Crippen LogP contribution in [0, 0.1) is 5.92 Å². The molecule has 2 atom stereocenters. The molecule has 0 spiro atoms.